The number of ether oxygens (including phenoxy) is 1. The number of halogens is 1. The summed E-state index contributed by atoms with van der Waals surface area (Å²) in [5, 5.41) is 3.48. The Morgan fingerprint density at radius 1 is 1.15 bits per heavy atom. The summed E-state index contributed by atoms with van der Waals surface area (Å²) in [7, 11) is 0. The van der Waals surface area contributed by atoms with Crippen LogP contribution in [0.5, 0.6) is 5.75 Å². The van der Waals surface area contributed by atoms with Gasteiger partial charge in [0.2, 0.25) is 0 Å². The Labute approximate surface area is 132 Å². The molecule has 1 aliphatic carbocycles. The van der Waals surface area contributed by atoms with Gasteiger partial charge in [-0.3, -0.25) is 4.98 Å². The molecule has 1 heterocycles. The number of nitrogens with zero attached hydrogens (tertiary/aromatic N) is 1. The summed E-state index contributed by atoms with van der Waals surface area (Å²) in [5.41, 5.74) is 2.06. The average Bonchev–Trinajstić information content (AvgIpc) is 3.28. The summed E-state index contributed by atoms with van der Waals surface area (Å²) in [5.74, 6) is 0.889. The molecule has 0 atom stereocenters. The van der Waals surface area contributed by atoms with Gasteiger partial charge in [0.25, 0.3) is 0 Å². The number of rotatable bonds is 6. The van der Waals surface area contributed by atoms with Crippen LogP contribution in [0.4, 0.5) is 0 Å². The van der Waals surface area contributed by atoms with E-state index in [0.29, 0.717) is 12.6 Å². The molecule has 1 fully saturated rings. The fourth-order valence-corrected chi connectivity index (χ4v) is 2.47. The van der Waals surface area contributed by atoms with E-state index >= 15 is 0 Å². The summed E-state index contributed by atoms with van der Waals surface area (Å²) in [6.45, 7) is 1.36. The highest BCUT2D eigenvalue weighted by molar-refractivity contribution is 14.1. The molecule has 0 amide bonds. The second-order valence-corrected chi connectivity index (χ2v) is 6.27. The van der Waals surface area contributed by atoms with E-state index in [9.17, 15) is 0 Å². The highest BCUT2D eigenvalue weighted by Crippen LogP contribution is 2.19. The molecule has 0 saturated heterocycles. The van der Waals surface area contributed by atoms with Gasteiger partial charge in [0.05, 0.1) is 11.4 Å². The van der Waals surface area contributed by atoms with Gasteiger partial charge in [-0.05, 0) is 65.8 Å². The smallest absolute Gasteiger partial charge is 0.130 e. The largest absolute Gasteiger partial charge is 0.487 e. The van der Waals surface area contributed by atoms with Crippen LogP contribution in [0.2, 0.25) is 0 Å². The Balaban J connectivity index is 1.57. The van der Waals surface area contributed by atoms with Gasteiger partial charge in [0, 0.05) is 16.2 Å². The van der Waals surface area contributed by atoms with E-state index in [1.54, 1.807) is 0 Å². The number of benzene rings is 1. The number of hydrogen-bond acceptors (Lipinski definition) is 3. The van der Waals surface area contributed by atoms with E-state index in [-0.39, 0.29) is 0 Å². The van der Waals surface area contributed by atoms with Crippen molar-refractivity contribution in [2.75, 3.05) is 0 Å². The molecule has 0 aliphatic heterocycles. The molecule has 0 unspecified atom stereocenters. The fourth-order valence-electron chi connectivity index (χ4n) is 1.96. The third-order valence-corrected chi connectivity index (χ3v) is 3.87. The standard InChI is InChI=1S/C16H17IN2O/c17-12-3-1-6-16(9-12)20-11-15-5-2-4-14(19-15)10-18-13-7-8-13/h1-6,9,13,18H,7-8,10-11H2. The van der Waals surface area contributed by atoms with Crippen molar-refractivity contribution in [3.05, 3.63) is 57.4 Å². The van der Waals surface area contributed by atoms with Gasteiger partial charge in [-0.1, -0.05) is 12.1 Å². The molecule has 3 rings (SSSR count). The zero-order valence-corrected chi connectivity index (χ0v) is 13.3. The quantitative estimate of drug-likeness (QED) is 0.779. The summed E-state index contributed by atoms with van der Waals surface area (Å²) >= 11 is 2.28. The molecule has 0 radical (unpaired) electrons. The molecule has 0 bridgehead atoms. The maximum atomic E-state index is 5.78. The van der Waals surface area contributed by atoms with Crippen molar-refractivity contribution in [2.45, 2.75) is 32.0 Å². The Kier molecular flexibility index (Phi) is 4.52. The van der Waals surface area contributed by atoms with Gasteiger partial charge in [-0.2, -0.15) is 0 Å². The van der Waals surface area contributed by atoms with E-state index < -0.39 is 0 Å². The Morgan fingerprint density at radius 2 is 1.95 bits per heavy atom. The molecular formula is C16H17IN2O. The zero-order valence-electron chi connectivity index (χ0n) is 11.2. The molecule has 1 aromatic heterocycles. The van der Waals surface area contributed by atoms with Gasteiger partial charge in [0.1, 0.15) is 12.4 Å². The number of hydrogen-bond donors (Lipinski definition) is 1. The van der Waals surface area contributed by atoms with Crippen molar-refractivity contribution < 1.29 is 4.74 Å². The van der Waals surface area contributed by atoms with Crippen molar-refractivity contribution in [3.8, 4) is 5.75 Å². The SMILES string of the molecule is Ic1cccc(OCc2cccc(CNC3CC3)n2)c1. The summed E-state index contributed by atoms with van der Waals surface area (Å²) in [6, 6.07) is 14.9. The lowest BCUT2D eigenvalue weighted by Crippen LogP contribution is -2.16. The van der Waals surface area contributed by atoms with Crippen molar-refractivity contribution in [1.29, 1.82) is 0 Å². The molecule has 20 heavy (non-hydrogen) atoms. The van der Waals surface area contributed by atoms with Crippen LogP contribution < -0.4 is 10.1 Å². The minimum atomic E-state index is 0.511. The van der Waals surface area contributed by atoms with Crippen LogP contribution in [-0.4, -0.2) is 11.0 Å². The molecule has 1 aliphatic rings. The average molecular weight is 380 g/mol. The van der Waals surface area contributed by atoms with Crippen molar-refractivity contribution in [2.24, 2.45) is 0 Å². The van der Waals surface area contributed by atoms with Crippen LogP contribution in [0.15, 0.2) is 42.5 Å². The molecule has 4 heteroatoms. The molecule has 3 nitrogen and oxygen atoms in total. The van der Waals surface area contributed by atoms with Gasteiger partial charge >= 0.3 is 0 Å². The Morgan fingerprint density at radius 3 is 2.75 bits per heavy atom. The first kappa shape index (κ1) is 13.8. The zero-order chi connectivity index (χ0) is 13.8. The Hall–Kier alpha value is -1.14. The lowest BCUT2D eigenvalue weighted by molar-refractivity contribution is 0.300. The molecular weight excluding hydrogens is 363 g/mol. The Bertz CT molecular complexity index is 584. The van der Waals surface area contributed by atoms with E-state index in [0.717, 1.165) is 23.7 Å². The fraction of sp³-hybridized carbons (Fsp3) is 0.312. The van der Waals surface area contributed by atoms with Crippen LogP contribution in [0.25, 0.3) is 0 Å². The summed E-state index contributed by atoms with van der Waals surface area (Å²) in [4.78, 5) is 4.62. The van der Waals surface area contributed by atoms with Gasteiger partial charge < -0.3 is 10.1 Å². The van der Waals surface area contributed by atoms with E-state index in [1.807, 2.05) is 30.3 Å². The predicted octanol–water partition coefficient (Wildman–Crippen LogP) is 3.52. The van der Waals surface area contributed by atoms with Gasteiger partial charge in [-0.25, -0.2) is 0 Å². The van der Waals surface area contributed by atoms with E-state index in [4.69, 9.17) is 4.74 Å². The van der Waals surface area contributed by atoms with Crippen molar-refractivity contribution in [3.63, 3.8) is 0 Å². The maximum Gasteiger partial charge on any atom is 0.130 e. The third kappa shape index (κ3) is 4.18. The number of aromatic nitrogens is 1. The van der Waals surface area contributed by atoms with Crippen molar-refractivity contribution in [1.82, 2.24) is 10.3 Å². The summed E-state index contributed by atoms with van der Waals surface area (Å²) < 4.78 is 6.95. The number of nitrogens with one attached hydrogen (secondary N) is 1. The first-order valence-corrected chi connectivity index (χ1v) is 7.94. The molecule has 1 saturated carbocycles. The summed E-state index contributed by atoms with van der Waals surface area (Å²) in [6.07, 6.45) is 2.60. The van der Waals surface area contributed by atoms with Crippen LogP contribution in [0.1, 0.15) is 24.2 Å². The number of pyridine rings is 1. The topological polar surface area (TPSA) is 34.1 Å². The van der Waals surface area contributed by atoms with Crippen LogP contribution in [-0.2, 0) is 13.2 Å². The van der Waals surface area contributed by atoms with E-state index in [2.05, 4.69) is 45.0 Å². The van der Waals surface area contributed by atoms with Crippen LogP contribution in [0.3, 0.4) is 0 Å². The second-order valence-electron chi connectivity index (χ2n) is 5.02. The molecule has 2 aromatic rings. The predicted molar refractivity (Wildman–Crippen MR) is 87.6 cm³/mol. The first-order valence-electron chi connectivity index (χ1n) is 6.86. The van der Waals surface area contributed by atoms with E-state index in [1.165, 1.54) is 16.4 Å². The first-order chi connectivity index (χ1) is 9.79. The second kappa shape index (κ2) is 6.54. The lowest BCUT2D eigenvalue weighted by atomic mass is 10.3. The molecule has 1 aromatic carbocycles. The van der Waals surface area contributed by atoms with Crippen molar-refractivity contribution >= 4 is 22.6 Å². The highest BCUT2D eigenvalue weighted by Gasteiger charge is 2.20. The maximum absolute atomic E-state index is 5.78. The minimum absolute atomic E-state index is 0.511. The van der Waals surface area contributed by atoms with Gasteiger partial charge in [0.15, 0.2) is 0 Å². The lowest BCUT2D eigenvalue weighted by Gasteiger charge is -2.08. The third-order valence-electron chi connectivity index (χ3n) is 3.20. The normalized spacial score (nSPS) is 14.2. The monoisotopic (exact) mass is 380 g/mol. The minimum Gasteiger partial charge on any atom is -0.487 e. The van der Waals surface area contributed by atoms with Crippen LogP contribution >= 0.6 is 22.6 Å². The van der Waals surface area contributed by atoms with Gasteiger partial charge in [-0.15, -0.1) is 0 Å². The molecule has 104 valence electrons. The molecule has 0 spiro atoms. The highest BCUT2D eigenvalue weighted by atomic mass is 127. The molecule has 1 N–H and O–H groups in total. The van der Waals surface area contributed by atoms with Crippen LogP contribution in [0, 0.1) is 3.57 Å².